The van der Waals surface area contributed by atoms with Crippen molar-refractivity contribution in [2.75, 3.05) is 20.0 Å². The van der Waals surface area contributed by atoms with Crippen molar-refractivity contribution in [3.05, 3.63) is 60.3 Å². The highest BCUT2D eigenvalue weighted by Crippen LogP contribution is 2.40. The first-order valence-corrected chi connectivity index (χ1v) is 8.82. The molecule has 1 heterocycles. The average molecular weight is 389 g/mol. The van der Waals surface area contributed by atoms with Crippen LogP contribution in [-0.2, 0) is 0 Å². The number of nitrogens with two attached hydrogens (primary N) is 2. The predicted octanol–water partition coefficient (Wildman–Crippen LogP) is 3.88. The second-order valence-electron chi connectivity index (χ2n) is 6.42. The number of hydrogen-bond acceptors (Lipinski definition) is 6. The molecule has 0 bridgehead atoms. The molecule has 0 fully saturated rings. The number of hydrogen-bond donors (Lipinski definition) is 2. The molecule has 0 radical (unpaired) electrons. The van der Waals surface area contributed by atoms with Gasteiger partial charge in [-0.1, -0.05) is 12.1 Å². The second-order valence-corrected chi connectivity index (χ2v) is 6.42. The first-order chi connectivity index (χ1) is 14.0. The summed E-state index contributed by atoms with van der Waals surface area (Å²) in [7, 11) is 3.12. The molecule has 4 rings (SSSR count). The summed E-state index contributed by atoms with van der Waals surface area (Å²) in [6.07, 6.45) is 1.54. The lowest BCUT2D eigenvalue weighted by Crippen LogP contribution is -2.11. The fraction of sp³-hybridized carbons (Fsp3) is 0.0909. The Bertz CT molecular complexity index is 1250. The first-order valence-electron chi connectivity index (χ1n) is 8.82. The predicted molar refractivity (Wildman–Crippen MR) is 112 cm³/mol. The maximum atomic E-state index is 11.6. The van der Waals surface area contributed by atoms with E-state index in [-0.39, 0.29) is 0 Å². The smallest absolute Gasteiger partial charge is 0.249 e. The third-order valence-corrected chi connectivity index (χ3v) is 4.69. The van der Waals surface area contributed by atoms with Crippen LogP contribution < -0.4 is 25.7 Å². The number of anilines is 1. The van der Waals surface area contributed by atoms with Crippen LogP contribution in [0.4, 0.5) is 5.69 Å². The molecule has 0 aliphatic rings. The molecule has 1 amide bonds. The molecule has 3 aromatic carbocycles. The summed E-state index contributed by atoms with van der Waals surface area (Å²) in [5.74, 6) is 1.65. The normalized spacial score (nSPS) is 10.8. The summed E-state index contributed by atoms with van der Waals surface area (Å²) in [6.45, 7) is 0. The van der Waals surface area contributed by atoms with E-state index in [4.69, 9.17) is 25.7 Å². The monoisotopic (exact) mass is 389 g/mol. The quantitative estimate of drug-likeness (QED) is 0.536. The van der Waals surface area contributed by atoms with Crippen LogP contribution in [0.2, 0.25) is 0 Å². The minimum atomic E-state index is -0.477. The minimum absolute atomic E-state index is 0.385. The van der Waals surface area contributed by atoms with E-state index in [1.54, 1.807) is 50.6 Å². The third-order valence-electron chi connectivity index (χ3n) is 4.69. The Hall–Kier alpha value is -4.00. The SMILES string of the molecule is COc1cc2ncc(N)c(Oc3ccc4c(C(N)=O)cccc4c3)c2cc1OC. The number of nitrogens with zero attached hydrogens (tertiary/aromatic N) is 1. The van der Waals surface area contributed by atoms with Gasteiger partial charge in [0, 0.05) is 17.0 Å². The van der Waals surface area contributed by atoms with Gasteiger partial charge in [0.15, 0.2) is 17.2 Å². The van der Waals surface area contributed by atoms with Crippen molar-refractivity contribution in [1.82, 2.24) is 4.98 Å². The van der Waals surface area contributed by atoms with Crippen molar-refractivity contribution in [3.8, 4) is 23.0 Å². The van der Waals surface area contributed by atoms with Gasteiger partial charge in [-0.25, -0.2) is 0 Å². The lowest BCUT2D eigenvalue weighted by Gasteiger charge is -2.14. The van der Waals surface area contributed by atoms with Crippen LogP contribution in [0.15, 0.2) is 54.7 Å². The number of nitrogen functional groups attached to an aromatic ring is 1. The van der Waals surface area contributed by atoms with Gasteiger partial charge in [-0.05, 0) is 41.1 Å². The average Bonchev–Trinajstić information content (AvgIpc) is 2.74. The van der Waals surface area contributed by atoms with Gasteiger partial charge in [0.1, 0.15) is 5.75 Å². The summed E-state index contributed by atoms with van der Waals surface area (Å²) >= 11 is 0. The molecule has 0 spiro atoms. The number of methoxy groups -OCH3 is 2. The molecule has 146 valence electrons. The lowest BCUT2D eigenvalue weighted by atomic mass is 10.0. The second kappa shape index (κ2) is 7.20. The number of fused-ring (bicyclic) bond motifs is 2. The van der Waals surface area contributed by atoms with Gasteiger partial charge in [-0.3, -0.25) is 9.78 Å². The Morgan fingerprint density at radius 3 is 2.45 bits per heavy atom. The number of carbonyl (C=O) groups excluding carboxylic acids is 1. The van der Waals surface area contributed by atoms with Crippen molar-refractivity contribution in [1.29, 1.82) is 0 Å². The van der Waals surface area contributed by atoms with Gasteiger partial charge in [0.05, 0.1) is 31.6 Å². The zero-order valence-electron chi connectivity index (χ0n) is 15.9. The number of ether oxygens (including phenoxy) is 3. The van der Waals surface area contributed by atoms with E-state index in [0.717, 1.165) is 10.8 Å². The molecule has 0 unspecified atom stereocenters. The Kier molecular flexibility index (Phi) is 4.56. The first kappa shape index (κ1) is 18.4. The van der Waals surface area contributed by atoms with Crippen molar-refractivity contribution in [2.45, 2.75) is 0 Å². The van der Waals surface area contributed by atoms with E-state index < -0.39 is 5.91 Å². The van der Waals surface area contributed by atoms with Crippen LogP contribution >= 0.6 is 0 Å². The van der Waals surface area contributed by atoms with Gasteiger partial charge >= 0.3 is 0 Å². The van der Waals surface area contributed by atoms with Gasteiger partial charge in [-0.15, -0.1) is 0 Å². The summed E-state index contributed by atoms with van der Waals surface area (Å²) < 4.78 is 16.9. The summed E-state index contributed by atoms with van der Waals surface area (Å²) in [5, 5.41) is 2.27. The summed E-state index contributed by atoms with van der Waals surface area (Å²) in [4.78, 5) is 16.0. The number of aromatic nitrogens is 1. The number of benzene rings is 3. The molecule has 29 heavy (non-hydrogen) atoms. The van der Waals surface area contributed by atoms with Crippen LogP contribution in [0.1, 0.15) is 10.4 Å². The minimum Gasteiger partial charge on any atom is -0.493 e. The summed E-state index contributed by atoms with van der Waals surface area (Å²) in [5.41, 5.74) is 13.1. The largest absolute Gasteiger partial charge is 0.493 e. The molecule has 1 aromatic heterocycles. The molecule has 7 nitrogen and oxygen atoms in total. The molecular formula is C22H19N3O4. The van der Waals surface area contributed by atoms with Gasteiger partial charge in [-0.2, -0.15) is 0 Å². The van der Waals surface area contributed by atoms with Crippen LogP contribution in [0, 0.1) is 0 Å². The van der Waals surface area contributed by atoms with Crippen LogP contribution in [0.5, 0.6) is 23.0 Å². The number of rotatable bonds is 5. The van der Waals surface area contributed by atoms with E-state index >= 15 is 0 Å². The Labute approximate surface area is 166 Å². The maximum absolute atomic E-state index is 11.6. The van der Waals surface area contributed by atoms with Crippen molar-refractivity contribution in [2.24, 2.45) is 5.73 Å². The standard InChI is InChI=1S/C22H19N3O4/c1-27-19-9-16-18(10-20(19)28-2)25-11-17(23)21(16)29-13-6-7-14-12(8-13)4-3-5-15(14)22(24)26/h3-11H,23H2,1-2H3,(H2,24,26). The van der Waals surface area contributed by atoms with E-state index in [1.807, 2.05) is 12.1 Å². The van der Waals surface area contributed by atoms with Crippen LogP contribution in [0.3, 0.4) is 0 Å². The summed E-state index contributed by atoms with van der Waals surface area (Å²) in [6, 6.07) is 14.3. The highest BCUT2D eigenvalue weighted by Gasteiger charge is 2.15. The molecule has 0 aliphatic carbocycles. The van der Waals surface area contributed by atoms with Gasteiger partial charge in [0.25, 0.3) is 0 Å². The fourth-order valence-electron chi connectivity index (χ4n) is 3.28. The van der Waals surface area contributed by atoms with E-state index in [1.165, 1.54) is 6.20 Å². The Balaban J connectivity index is 1.83. The molecule has 0 saturated carbocycles. The lowest BCUT2D eigenvalue weighted by molar-refractivity contribution is 0.100. The maximum Gasteiger partial charge on any atom is 0.249 e. The van der Waals surface area contributed by atoms with E-state index in [9.17, 15) is 4.79 Å². The van der Waals surface area contributed by atoms with Gasteiger partial charge < -0.3 is 25.7 Å². The highest BCUT2D eigenvalue weighted by atomic mass is 16.5. The molecule has 0 atom stereocenters. The zero-order valence-corrected chi connectivity index (χ0v) is 15.9. The molecule has 4 aromatic rings. The van der Waals surface area contributed by atoms with Gasteiger partial charge in [0.2, 0.25) is 5.91 Å². The zero-order chi connectivity index (χ0) is 20.5. The van der Waals surface area contributed by atoms with E-state index in [0.29, 0.717) is 45.2 Å². The van der Waals surface area contributed by atoms with Crippen molar-refractivity contribution < 1.29 is 19.0 Å². The Morgan fingerprint density at radius 1 is 0.966 bits per heavy atom. The van der Waals surface area contributed by atoms with Crippen molar-refractivity contribution in [3.63, 3.8) is 0 Å². The fourth-order valence-corrected chi connectivity index (χ4v) is 3.28. The third kappa shape index (κ3) is 3.23. The van der Waals surface area contributed by atoms with E-state index in [2.05, 4.69) is 4.98 Å². The number of pyridine rings is 1. The topological polar surface area (TPSA) is 110 Å². The highest BCUT2D eigenvalue weighted by molar-refractivity contribution is 6.06. The molecule has 0 saturated heterocycles. The van der Waals surface area contributed by atoms with Crippen LogP contribution in [0.25, 0.3) is 21.7 Å². The molecular weight excluding hydrogens is 370 g/mol. The molecule has 4 N–H and O–H groups in total. The Morgan fingerprint density at radius 2 is 1.72 bits per heavy atom. The molecule has 0 aliphatic heterocycles. The number of amides is 1. The molecule has 7 heteroatoms. The number of primary amides is 1. The van der Waals surface area contributed by atoms with Crippen molar-refractivity contribution >= 4 is 33.3 Å². The number of carbonyl (C=O) groups is 1. The van der Waals surface area contributed by atoms with Crippen LogP contribution in [-0.4, -0.2) is 25.1 Å².